The molecule has 0 saturated heterocycles. The fraction of sp³-hybridized carbons (Fsp3) is 0.500. The van der Waals surface area contributed by atoms with Crippen molar-refractivity contribution in [1.82, 2.24) is 0 Å². The van der Waals surface area contributed by atoms with Crippen LogP contribution in [0.3, 0.4) is 0 Å². The van der Waals surface area contributed by atoms with E-state index in [1.165, 1.54) is 0 Å². The molecule has 0 fully saturated rings. The zero-order valence-corrected chi connectivity index (χ0v) is 13.7. The maximum atomic E-state index is 10.5. The zero-order chi connectivity index (χ0) is 12.9. The molecule has 0 aliphatic rings. The standard InChI is InChI=1S/C8H10O8.2Ca/c9-5(10)1-3(7(13)14)4(8(15)16)2-6(11)12;;/h3-4H,1-2H2,(H,9,10)(H,11,12)(H,13,14)(H,15,16);;/q;2*+2/p-4. The molecule has 0 aromatic rings. The van der Waals surface area contributed by atoms with E-state index in [9.17, 15) is 39.6 Å². The van der Waals surface area contributed by atoms with Crippen LogP contribution in [-0.4, -0.2) is 99.4 Å². The fourth-order valence-electron chi connectivity index (χ4n) is 1.14. The second-order valence-corrected chi connectivity index (χ2v) is 3.00. The summed E-state index contributed by atoms with van der Waals surface area (Å²) >= 11 is 0. The minimum atomic E-state index is -2.03. The smallest absolute Gasteiger partial charge is 0.550 e. The molecule has 10 heteroatoms. The molecule has 18 heavy (non-hydrogen) atoms. The summed E-state index contributed by atoms with van der Waals surface area (Å²) in [7, 11) is 0. The second kappa shape index (κ2) is 11.2. The fourth-order valence-corrected chi connectivity index (χ4v) is 1.14. The average molecular weight is 310 g/mol. The number of carbonyl (C=O) groups is 4. The van der Waals surface area contributed by atoms with E-state index < -0.39 is 48.6 Å². The third-order valence-corrected chi connectivity index (χ3v) is 1.86. The predicted molar refractivity (Wildman–Crippen MR) is 47.8 cm³/mol. The van der Waals surface area contributed by atoms with Gasteiger partial charge in [-0.1, -0.05) is 0 Å². The summed E-state index contributed by atoms with van der Waals surface area (Å²) in [5.74, 6) is -11.7. The summed E-state index contributed by atoms with van der Waals surface area (Å²) in [6.45, 7) is 0. The molecule has 0 aromatic heterocycles. The van der Waals surface area contributed by atoms with Crippen LogP contribution in [0.15, 0.2) is 0 Å². The van der Waals surface area contributed by atoms with E-state index in [4.69, 9.17) is 0 Å². The van der Waals surface area contributed by atoms with Crippen molar-refractivity contribution >= 4 is 99.4 Å². The first-order valence-electron chi connectivity index (χ1n) is 4.07. The van der Waals surface area contributed by atoms with Gasteiger partial charge >= 0.3 is 75.5 Å². The number of hydrogen-bond acceptors (Lipinski definition) is 8. The van der Waals surface area contributed by atoms with Crippen molar-refractivity contribution < 1.29 is 39.6 Å². The first kappa shape index (κ1) is 23.5. The Morgan fingerprint density at radius 2 is 0.889 bits per heavy atom. The van der Waals surface area contributed by atoms with Crippen LogP contribution in [0.5, 0.6) is 0 Å². The van der Waals surface area contributed by atoms with Gasteiger partial charge in [0.15, 0.2) is 0 Å². The number of hydrogen-bond donors (Lipinski definition) is 0. The Morgan fingerprint density at radius 1 is 0.667 bits per heavy atom. The Morgan fingerprint density at radius 3 is 1.00 bits per heavy atom. The van der Waals surface area contributed by atoms with Crippen molar-refractivity contribution in [3.05, 3.63) is 0 Å². The Bertz CT molecular complexity index is 297. The summed E-state index contributed by atoms with van der Waals surface area (Å²) in [4.78, 5) is 41.2. The molecule has 0 heterocycles. The van der Waals surface area contributed by atoms with Crippen LogP contribution in [0, 0.1) is 11.8 Å². The van der Waals surface area contributed by atoms with Crippen molar-refractivity contribution in [3.63, 3.8) is 0 Å². The van der Waals surface area contributed by atoms with Crippen LogP contribution < -0.4 is 20.4 Å². The molecule has 0 radical (unpaired) electrons. The van der Waals surface area contributed by atoms with Gasteiger partial charge in [-0.05, 0) is 12.8 Å². The van der Waals surface area contributed by atoms with Gasteiger partial charge in [0.2, 0.25) is 0 Å². The van der Waals surface area contributed by atoms with Gasteiger partial charge in [0.1, 0.15) is 0 Å². The third kappa shape index (κ3) is 9.35. The van der Waals surface area contributed by atoms with Crippen LogP contribution in [0.4, 0.5) is 0 Å². The zero-order valence-electron chi connectivity index (χ0n) is 9.25. The summed E-state index contributed by atoms with van der Waals surface area (Å²) in [6, 6.07) is 0. The Kier molecular flexibility index (Phi) is 14.7. The SMILES string of the molecule is O=C([O-])CC(C(=O)[O-])C(CC(=O)[O-])C(=O)[O-].[Ca+2].[Ca+2]. The van der Waals surface area contributed by atoms with Crippen LogP contribution >= 0.6 is 0 Å². The molecule has 0 bridgehead atoms. The van der Waals surface area contributed by atoms with Gasteiger partial charge in [-0.25, -0.2) is 0 Å². The van der Waals surface area contributed by atoms with Gasteiger partial charge < -0.3 is 39.6 Å². The van der Waals surface area contributed by atoms with Crippen LogP contribution in [0.1, 0.15) is 12.8 Å². The van der Waals surface area contributed by atoms with Crippen molar-refractivity contribution in [1.29, 1.82) is 0 Å². The number of aliphatic carboxylic acids is 4. The molecule has 90 valence electrons. The molecular weight excluding hydrogens is 304 g/mol. The molecule has 2 atom stereocenters. The molecule has 0 rings (SSSR count). The summed E-state index contributed by atoms with van der Waals surface area (Å²) in [5, 5.41) is 41.2. The Balaban J connectivity index is -0.00000112. The van der Waals surface area contributed by atoms with Crippen molar-refractivity contribution in [2.45, 2.75) is 12.8 Å². The molecule has 0 spiro atoms. The Hall–Kier alpha value is 0.399. The second-order valence-electron chi connectivity index (χ2n) is 3.00. The number of carboxylic acids is 4. The first-order chi connectivity index (χ1) is 7.25. The first-order valence-corrected chi connectivity index (χ1v) is 4.07. The Labute approximate surface area is 161 Å². The van der Waals surface area contributed by atoms with Gasteiger partial charge in [0.25, 0.3) is 0 Å². The molecular formula is C8H6Ca2O8. The van der Waals surface area contributed by atoms with E-state index >= 15 is 0 Å². The maximum Gasteiger partial charge on any atom is 2.00 e. The van der Waals surface area contributed by atoms with Crippen molar-refractivity contribution in [3.8, 4) is 0 Å². The normalized spacial score (nSPS) is 12.2. The predicted octanol–water partition coefficient (Wildman–Crippen LogP) is -6.76. The van der Waals surface area contributed by atoms with E-state index in [1.54, 1.807) is 0 Å². The van der Waals surface area contributed by atoms with E-state index in [1.807, 2.05) is 0 Å². The van der Waals surface area contributed by atoms with Gasteiger partial charge in [0.05, 0.1) is 0 Å². The van der Waals surface area contributed by atoms with E-state index in [0.717, 1.165) is 0 Å². The third-order valence-electron chi connectivity index (χ3n) is 1.86. The minimum Gasteiger partial charge on any atom is -0.550 e. The topological polar surface area (TPSA) is 161 Å². The molecule has 2 unspecified atom stereocenters. The quantitative estimate of drug-likeness (QED) is 0.419. The van der Waals surface area contributed by atoms with Crippen molar-refractivity contribution in [2.75, 3.05) is 0 Å². The van der Waals surface area contributed by atoms with Gasteiger partial charge in [-0.15, -0.1) is 0 Å². The van der Waals surface area contributed by atoms with E-state index in [0.29, 0.717) is 0 Å². The molecule has 0 aromatic carbocycles. The van der Waals surface area contributed by atoms with E-state index in [-0.39, 0.29) is 75.5 Å². The van der Waals surface area contributed by atoms with Crippen LogP contribution in [0.2, 0.25) is 0 Å². The average Bonchev–Trinajstić information content (AvgIpc) is 2.09. The van der Waals surface area contributed by atoms with Gasteiger partial charge in [-0.3, -0.25) is 0 Å². The summed E-state index contributed by atoms with van der Waals surface area (Å²) in [5.41, 5.74) is 0. The molecule has 8 nitrogen and oxygen atoms in total. The van der Waals surface area contributed by atoms with Crippen molar-refractivity contribution in [2.24, 2.45) is 11.8 Å². The van der Waals surface area contributed by atoms with Gasteiger partial charge in [-0.2, -0.15) is 0 Å². The molecule has 0 aliphatic carbocycles. The number of carboxylic acid groups (broad SMARTS) is 4. The molecule has 0 saturated carbocycles. The number of carbonyl (C=O) groups excluding carboxylic acids is 4. The molecule has 0 amide bonds. The van der Waals surface area contributed by atoms with Crippen LogP contribution in [0.25, 0.3) is 0 Å². The molecule has 0 N–H and O–H groups in total. The minimum absolute atomic E-state index is 0. The summed E-state index contributed by atoms with van der Waals surface area (Å²) in [6.07, 6.45) is -2.34. The van der Waals surface area contributed by atoms with Crippen LogP contribution in [-0.2, 0) is 19.2 Å². The number of rotatable bonds is 7. The van der Waals surface area contributed by atoms with Gasteiger partial charge in [0, 0.05) is 35.7 Å². The monoisotopic (exact) mass is 310 g/mol. The largest absolute Gasteiger partial charge is 2.00 e. The van der Waals surface area contributed by atoms with E-state index in [2.05, 4.69) is 0 Å². The maximum absolute atomic E-state index is 10.5. The molecule has 0 aliphatic heterocycles. The summed E-state index contributed by atoms with van der Waals surface area (Å²) < 4.78 is 0.